The monoisotopic (exact) mass is 238 g/mol. The lowest BCUT2D eigenvalue weighted by Crippen LogP contribution is -2.44. The van der Waals surface area contributed by atoms with Gasteiger partial charge in [0.1, 0.15) is 0 Å². The fourth-order valence-corrected chi connectivity index (χ4v) is 3.59. The molecule has 2 rings (SSSR count). The molecule has 1 aliphatic heterocycles. The molecule has 2 nitrogen and oxygen atoms in total. The molecule has 1 saturated carbocycles. The third-order valence-electron chi connectivity index (χ3n) is 4.38. The number of hydrogen-bond acceptors (Lipinski definition) is 2. The van der Waals surface area contributed by atoms with E-state index in [2.05, 4.69) is 24.1 Å². The van der Waals surface area contributed by atoms with Crippen molar-refractivity contribution in [2.45, 2.75) is 70.9 Å². The van der Waals surface area contributed by atoms with E-state index in [0.29, 0.717) is 0 Å². The normalized spacial score (nSPS) is 27.9. The molecule has 1 aliphatic carbocycles. The molecule has 0 aromatic carbocycles. The van der Waals surface area contributed by atoms with Crippen molar-refractivity contribution in [2.75, 3.05) is 19.6 Å². The van der Waals surface area contributed by atoms with E-state index >= 15 is 0 Å². The van der Waals surface area contributed by atoms with Crippen LogP contribution >= 0.6 is 0 Å². The standard InChI is InChI=1S/C15H30N2/c1-13(2)12-17(14-6-3-4-7-14)15-8-5-10-16-11-9-15/h13-16H,3-12H2,1-2H3. The number of nitrogens with one attached hydrogen (secondary N) is 1. The molecular formula is C15H30N2. The summed E-state index contributed by atoms with van der Waals surface area (Å²) in [4.78, 5) is 2.88. The molecule has 0 amide bonds. The number of rotatable bonds is 4. The summed E-state index contributed by atoms with van der Waals surface area (Å²) in [6.07, 6.45) is 9.98. The summed E-state index contributed by atoms with van der Waals surface area (Å²) in [6.45, 7) is 8.52. The van der Waals surface area contributed by atoms with Gasteiger partial charge in [-0.15, -0.1) is 0 Å². The van der Waals surface area contributed by atoms with Gasteiger partial charge in [-0.2, -0.15) is 0 Å². The van der Waals surface area contributed by atoms with Crippen LogP contribution in [-0.4, -0.2) is 36.6 Å². The molecule has 0 radical (unpaired) electrons. The second kappa shape index (κ2) is 6.75. The molecule has 2 heteroatoms. The van der Waals surface area contributed by atoms with E-state index in [4.69, 9.17) is 0 Å². The van der Waals surface area contributed by atoms with Crippen molar-refractivity contribution >= 4 is 0 Å². The third-order valence-corrected chi connectivity index (χ3v) is 4.38. The Morgan fingerprint density at radius 3 is 2.29 bits per heavy atom. The van der Waals surface area contributed by atoms with Crippen LogP contribution in [0.1, 0.15) is 58.8 Å². The zero-order chi connectivity index (χ0) is 12.1. The molecule has 1 heterocycles. The molecule has 1 N–H and O–H groups in total. The Bertz CT molecular complexity index is 201. The van der Waals surface area contributed by atoms with Crippen molar-refractivity contribution in [1.29, 1.82) is 0 Å². The van der Waals surface area contributed by atoms with E-state index in [1.807, 2.05) is 0 Å². The van der Waals surface area contributed by atoms with E-state index in [1.54, 1.807) is 0 Å². The summed E-state index contributed by atoms with van der Waals surface area (Å²) >= 11 is 0. The zero-order valence-corrected chi connectivity index (χ0v) is 11.8. The zero-order valence-electron chi connectivity index (χ0n) is 11.8. The van der Waals surface area contributed by atoms with Gasteiger partial charge in [-0.1, -0.05) is 26.7 Å². The Morgan fingerprint density at radius 1 is 0.941 bits per heavy atom. The lowest BCUT2D eigenvalue weighted by atomic mass is 10.0. The van der Waals surface area contributed by atoms with Crippen LogP contribution in [0, 0.1) is 5.92 Å². The third kappa shape index (κ3) is 3.96. The molecular weight excluding hydrogens is 208 g/mol. The van der Waals surface area contributed by atoms with Gasteiger partial charge in [-0.05, 0) is 51.1 Å². The Hall–Kier alpha value is -0.0800. The highest BCUT2D eigenvalue weighted by molar-refractivity contribution is 4.85. The molecule has 1 atom stereocenters. The minimum absolute atomic E-state index is 0.812. The van der Waals surface area contributed by atoms with Gasteiger partial charge in [0.25, 0.3) is 0 Å². The largest absolute Gasteiger partial charge is 0.317 e. The number of nitrogens with zero attached hydrogens (tertiary/aromatic N) is 1. The quantitative estimate of drug-likeness (QED) is 0.810. The van der Waals surface area contributed by atoms with E-state index in [0.717, 1.165) is 18.0 Å². The predicted molar refractivity (Wildman–Crippen MR) is 74.3 cm³/mol. The summed E-state index contributed by atoms with van der Waals surface area (Å²) in [5.41, 5.74) is 0. The van der Waals surface area contributed by atoms with Crippen LogP contribution in [0.3, 0.4) is 0 Å². The summed E-state index contributed by atoms with van der Waals surface area (Å²) in [7, 11) is 0. The van der Waals surface area contributed by atoms with Crippen LogP contribution in [-0.2, 0) is 0 Å². The van der Waals surface area contributed by atoms with Crippen LogP contribution in [0.25, 0.3) is 0 Å². The van der Waals surface area contributed by atoms with Gasteiger partial charge in [0, 0.05) is 18.6 Å². The van der Waals surface area contributed by atoms with Crippen molar-refractivity contribution < 1.29 is 0 Å². The molecule has 1 saturated heterocycles. The smallest absolute Gasteiger partial charge is 0.0111 e. The summed E-state index contributed by atoms with van der Waals surface area (Å²) in [5, 5.41) is 3.55. The minimum atomic E-state index is 0.812. The highest BCUT2D eigenvalue weighted by Gasteiger charge is 2.29. The van der Waals surface area contributed by atoms with E-state index in [1.165, 1.54) is 64.6 Å². The second-order valence-electron chi connectivity index (χ2n) is 6.36. The average Bonchev–Trinajstić information content (AvgIpc) is 2.68. The minimum Gasteiger partial charge on any atom is -0.317 e. The lowest BCUT2D eigenvalue weighted by molar-refractivity contribution is 0.109. The summed E-state index contributed by atoms with van der Waals surface area (Å²) in [5.74, 6) is 0.812. The van der Waals surface area contributed by atoms with E-state index in [-0.39, 0.29) is 0 Å². The van der Waals surface area contributed by atoms with Crippen LogP contribution in [0.5, 0.6) is 0 Å². The lowest BCUT2D eigenvalue weighted by Gasteiger charge is -2.37. The number of hydrogen-bond donors (Lipinski definition) is 1. The van der Waals surface area contributed by atoms with Gasteiger partial charge in [0.2, 0.25) is 0 Å². The first kappa shape index (κ1) is 13.4. The van der Waals surface area contributed by atoms with E-state index < -0.39 is 0 Å². The van der Waals surface area contributed by atoms with Crippen molar-refractivity contribution in [2.24, 2.45) is 5.92 Å². The predicted octanol–water partition coefficient (Wildman–Crippen LogP) is 3.03. The van der Waals surface area contributed by atoms with Crippen molar-refractivity contribution in [1.82, 2.24) is 10.2 Å². The highest BCUT2D eigenvalue weighted by Crippen LogP contribution is 2.28. The van der Waals surface area contributed by atoms with Gasteiger partial charge < -0.3 is 5.32 Å². The Balaban J connectivity index is 1.96. The topological polar surface area (TPSA) is 15.3 Å². The van der Waals surface area contributed by atoms with Crippen molar-refractivity contribution in [3.63, 3.8) is 0 Å². The average molecular weight is 238 g/mol. The Kier molecular flexibility index (Phi) is 5.30. The van der Waals surface area contributed by atoms with Gasteiger partial charge in [0.05, 0.1) is 0 Å². The molecule has 100 valence electrons. The molecule has 2 aliphatic rings. The molecule has 2 fully saturated rings. The van der Waals surface area contributed by atoms with Crippen molar-refractivity contribution in [3.8, 4) is 0 Å². The maximum absolute atomic E-state index is 3.55. The van der Waals surface area contributed by atoms with Gasteiger partial charge >= 0.3 is 0 Å². The fraction of sp³-hybridized carbons (Fsp3) is 1.00. The second-order valence-corrected chi connectivity index (χ2v) is 6.36. The van der Waals surface area contributed by atoms with E-state index in [9.17, 15) is 0 Å². The van der Waals surface area contributed by atoms with Crippen LogP contribution < -0.4 is 5.32 Å². The fourth-order valence-electron chi connectivity index (χ4n) is 3.59. The molecule has 0 spiro atoms. The van der Waals surface area contributed by atoms with Crippen molar-refractivity contribution in [3.05, 3.63) is 0 Å². The summed E-state index contributed by atoms with van der Waals surface area (Å²) < 4.78 is 0. The Labute approximate surface area is 107 Å². The van der Waals surface area contributed by atoms with Crippen LogP contribution in [0.4, 0.5) is 0 Å². The van der Waals surface area contributed by atoms with Gasteiger partial charge in [0.15, 0.2) is 0 Å². The molecule has 0 bridgehead atoms. The van der Waals surface area contributed by atoms with Crippen LogP contribution in [0.2, 0.25) is 0 Å². The Morgan fingerprint density at radius 2 is 1.59 bits per heavy atom. The molecule has 17 heavy (non-hydrogen) atoms. The first-order chi connectivity index (χ1) is 8.27. The molecule has 0 aromatic rings. The van der Waals surface area contributed by atoms with Gasteiger partial charge in [-0.25, -0.2) is 0 Å². The first-order valence-electron chi connectivity index (χ1n) is 7.74. The summed E-state index contributed by atoms with van der Waals surface area (Å²) in [6, 6.07) is 1.76. The SMILES string of the molecule is CC(C)CN(C1CCCC1)C1CCCNCC1. The maximum atomic E-state index is 3.55. The molecule has 1 unspecified atom stereocenters. The van der Waals surface area contributed by atoms with Gasteiger partial charge in [-0.3, -0.25) is 4.90 Å². The molecule has 0 aromatic heterocycles. The highest BCUT2D eigenvalue weighted by atomic mass is 15.2. The maximum Gasteiger partial charge on any atom is 0.0111 e. The van der Waals surface area contributed by atoms with Crippen LogP contribution in [0.15, 0.2) is 0 Å². The first-order valence-corrected chi connectivity index (χ1v) is 7.74.